The second kappa shape index (κ2) is 8.03. The fraction of sp³-hybridized carbons (Fsp3) is 1.00. The standard InChI is InChI=1S/C13H30N2O2/c1-11(2)15(7-8-17-6)10-12(16)9-14-13(3,4)5/h11-12,14,16H,7-10H2,1-6H3. The van der Waals surface area contributed by atoms with Gasteiger partial charge in [-0.2, -0.15) is 0 Å². The van der Waals surface area contributed by atoms with Crippen LogP contribution in [0.1, 0.15) is 34.6 Å². The summed E-state index contributed by atoms with van der Waals surface area (Å²) in [5.41, 5.74) is 0.0518. The van der Waals surface area contributed by atoms with Crippen LogP contribution < -0.4 is 5.32 Å². The van der Waals surface area contributed by atoms with Crippen LogP contribution in [0.5, 0.6) is 0 Å². The lowest BCUT2D eigenvalue weighted by molar-refractivity contribution is 0.0689. The lowest BCUT2D eigenvalue weighted by Gasteiger charge is -2.30. The second-order valence-electron chi connectivity index (χ2n) is 5.87. The number of hydrogen-bond acceptors (Lipinski definition) is 4. The monoisotopic (exact) mass is 246 g/mol. The summed E-state index contributed by atoms with van der Waals surface area (Å²) in [5, 5.41) is 13.3. The average Bonchev–Trinajstić information content (AvgIpc) is 2.19. The van der Waals surface area contributed by atoms with Crippen LogP contribution in [0.2, 0.25) is 0 Å². The molecule has 1 unspecified atom stereocenters. The summed E-state index contributed by atoms with van der Waals surface area (Å²) in [5.74, 6) is 0. The molecule has 0 aromatic rings. The Bertz CT molecular complexity index is 190. The van der Waals surface area contributed by atoms with Crippen molar-refractivity contribution in [2.45, 2.75) is 52.3 Å². The molecule has 0 fully saturated rings. The normalized spacial score (nSPS) is 14.6. The van der Waals surface area contributed by atoms with E-state index in [-0.39, 0.29) is 11.6 Å². The SMILES string of the molecule is COCCN(CC(O)CNC(C)(C)C)C(C)C. The van der Waals surface area contributed by atoms with Crippen LogP contribution in [0.3, 0.4) is 0 Å². The van der Waals surface area contributed by atoms with Crippen LogP contribution in [-0.4, -0.2) is 61.0 Å². The van der Waals surface area contributed by atoms with Crippen LogP contribution in [0, 0.1) is 0 Å². The average molecular weight is 246 g/mol. The predicted octanol–water partition coefficient (Wildman–Crippen LogP) is 1.09. The molecule has 0 aromatic carbocycles. The summed E-state index contributed by atoms with van der Waals surface area (Å²) >= 11 is 0. The molecule has 0 spiro atoms. The van der Waals surface area contributed by atoms with E-state index in [1.165, 1.54) is 0 Å². The van der Waals surface area contributed by atoms with Gasteiger partial charge in [0, 0.05) is 38.3 Å². The number of rotatable bonds is 8. The van der Waals surface area contributed by atoms with Crippen LogP contribution in [0.15, 0.2) is 0 Å². The van der Waals surface area contributed by atoms with Crippen molar-refractivity contribution in [3.63, 3.8) is 0 Å². The van der Waals surface area contributed by atoms with E-state index in [1.54, 1.807) is 7.11 Å². The highest BCUT2D eigenvalue weighted by Gasteiger charge is 2.16. The maximum Gasteiger partial charge on any atom is 0.0791 e. The zero-order chi connectivity index (χ0) is 13.5. The molecule has 0 aliphatic heterocycles. The molecule has 0 aliphatic carbocycles. The Kier molecular flexibility index (Phi) is 7.96. The van der Waals surface area contributed by atoms with Gasteiger partial charge in [-0.05, 0) is 34.6 Å². The Morgan fingerprint density at radius 2 is 1.88 bits per heavy atom. The van der Waals surface area contributed by atoms with Gasteiger partial charge in [0.1, 0.15) is 0 Å². The summed E-state index contributed by atoms with van der Waals surface area (Å²) in [4.78, 5) is 2.23. The van der Waals surface area contributed by atoms with Crippen molar-refractivity contribution < 1.29 is 9.84 Å². The summed E-state index contributed by atoms with van der Waals surface area (Å²) in [6, 6.07) is 0.425. The third-order valence-electron chi connectivity index (χ3n) is 2.63. The Hall–Kier alpha value is -0.160. The van der Waals surface area contributed by atoms with E-state index >= 15 is 0 Å². The van der Waals surface area contributed by atoms with Gasteiger partial charge in [-0.1, -0.05) is 0 Å². The van der Waals surface area contributed by atoms with Crippen molar-refractivity contribution in [2.24, 2.45) is 0 Å². The maximum atomic E-state index is 9.99. The Labute approximate surface area is 106 Å². The highest BCUT2D eigenvalue weighted by molar-refractivity contribution is 4.75. The lowest BCUT2D eigenvalue weighted by atomic mass is 10.1. The van der Waals surface area contributed by atoms with Crippen molar-refractivity contribution in [1.82, 2.24) is 10.2 Å². The van der Waals surface area contributed by atoms with Crippen molar-refractivity contribution in [3.8, 4) is 0 Å². The fourth-order valence-corrected chi connectivity index (χ4v) is 1.53. The molecule has 0 aliphatic rings. The fourth-order valence-electron chi connectivity index (χ4n) is 1.53. The minimum atomic E-state index is -0.339. The highest BCUT2D eigenvalue weighted by atomic mass is 16.5. The molecule has 2 N–H and O–H groups in total. The summed E-state index contributed by atoms with van der Waals surface area (Å²) in [7, 11) is 1.70. The van der Waals surface area contributed by atoms with E-state index in [1.807, 2.05) is 0 Å². The van der Waals surface area contributed by atoms with Crippen molar-refractivity contribution in [3.05, 3.63) is 0 Å². The molecule has 0 radical (unpaired) electrons. The lowest BCUT2D eigenvalue weighted by Crippen LogP contribution is -2.46. The topological polar surface area (TPSA) is 44.7 Å². The molecule has 4 nitrogen and oxygen atoms in total. The molecule has 0 aromatic heterocycles. The van der Waals surface area contributed by atoms with Crippen LogP contribution in [-0.2, 0) is 4.74 Å². The first-order valence-corrected chi connectivity index (χ1v) is 6.42. The Morgan fingerprint density at radius 3 is 2.29 bits per heavy atom. The minimum absolute atomic E-state index is 0.0518. The van der Waals surface area contributed by atoms with Crippen LogP contribution >= 0.6 is 0 Å². The smallest absolute Gasteiger partial charge is 0.0791 e. The molecule has 0 saturated carbocycles. The summed E-state index contributed by atoms with van der Waals surface area (Å²) < 4.78 is 5.08. The van der Waals surface area contributed by atoms with E-state index in [4.69, 9.17) is 4.74 Å². The minimum Gasteiger partial charge on any atom is -0.390 e. The number of aliphatic hydroxyl groups is 1. The highest BCUT2D eigenvalue weighted by Crippen LogP contribution is 2.02. The van der Waals surface area contributed by atoms with Gasteiger partial charge in [-0.15, -0.1) is 0 Å². The van der Waals surface area contributed by atoms with Crippen LogP contribution in [0.4, 0.5) is 0 Å². The second-order valence-corrected chi connectivity index (χ2v) is 5.87. The number of aliphatic hydroxyl groups excluding tert-OH is 1. The molecule has 17 heavy (non-hydrogen) atoms. The third kappa shape index (κ3) is 9.53. The Morgan fingerprint density at radius 1 is 1.29 bits per heavy atom. The largest absolute Gasteiger partial charge is 0.390 e. The van der Waals surface area contributed by atoms with Crippen molar-refractivity contribution in [1.29, 1.82) is 0 Å². The van der Waals surface area contributed by atoms with Gasteiger partial charge in [-0.3, -0.25) is 4.90 Å². The van der Waals surface area contributed by atoms with E-state index in [0.717, 1.165) is 6.54 Å². The zero-order valence-corrected chi connectivity index (χ0v) is 12.3. The van der Waals surface area contributed by atoms with Gasteiger partial charge in [0.15, 0.2) is 0 Å². The van der Waals surface area contributed by atoms with E-state index in [0.29, 0.717) is 25.7 Å². The number of nitrogens with one attached hydrogen (secondary N) is 1. The molecular weight excluding hydrogens is 216 g/mol. The van der Waals surface area contributed by atoms with Crippen LogP contribution in [0.25, 0.3) is 0 Å². The number of hydrogen-bond donors (Lipinski definition) is 2. The summed E-state index contributed by atoms with van der Waals surface area (Å²) in [6.07, 6.45) is -0.339. The predicted molar refractivity (Wildman–Crippen MR) is 72.3 cm³/mol. The van der Waals surface area contributed by atoms with Gasteiger partial charge >= 0.3 is 0 Å². The van der Waals surface area contributed by atoms with Gasteiger partial charge in [-0.25, -0.2) is 0 Å². The molecule has 1 atom stereocenters. The van der Waals surface area contributed by atoms with E-state index in [9.17, 15) is 5.11 Å². The van der Waals surface area contributed by atoms with Gasteiger partial charge in [0.05, 0.1) is 12.7 Å². The van der Waals surface area contributed by atoms with Gasteiger partial charge in [0.25, 0.3) is 0 Å². The van der Waals surface area contributed by atoms with E-state index in [2.05, 4.69) is 44.8 Å². The first kappa shape index (κ1) is 16.8. The van der Waals surface area contributed by atoms with E-state index < -0.39 is 0 Å². The van der Waals surface area contributed by atoms with Gasteiger partial charge in [0.2, 0.25) is 0 Å². The maximum absolute atomic E-state index is 9.99. The summed E-state index contributed by atoms with van der Waals surface area (Å²) in [6.45, 7) is 13.5. The molecule has 0 amide bonds. The Balaban J connectivity index is 3.99. The zero-order valence-electron chi connectivity index (χ0n) is 12.3. The first-order chi connectivity index (χ1) is 7.76. The number of nitrogens with zero attached hydrogens (tertiary/aromatic N) is 1. The molecule has 104 valence electrons. The number of ether oxygens (including phenoxy) is 1. The number of β-amino-alcohol motifs (C(OH)–C–C–N with tert-alkyl or cyclic N) is 1. The first-order valence-electron chi connectivity index (χ1n) is 6.42. The van der Waals surface area contributed by atoms with Gasteiger partial charge < -0.3 is 15.2 Å². The molecule has 0 saturated heterocycles. The molecule has 0 heterocycles. The molecule has 4 heteroatoms. The molecular formula is C13H30N2O2. The van der Waals surface area contributed by atoms with Crippen molar-refractivity contribution >= 4 is 0 Å². The van der Waals surface area contributed by atoms with Crippen molar-refractivity contribution in [2.75, 3.05) is 33.4 Å². The quantitative estimate of drug-likeness (QED) is 0.673. The molecule has 0 bridgehead atoms. The third-order valence-corrected chi connectivity index (χ3v) is 2.63. The number of methoxy groups -OCH3 is 1. The molecule has 0 rings (SSSR count).